The zero-order valence-corrected chi connectivity index (χ0v) is 11.6. The standard InChI is InChI=1S/C8H6BrNO.C6H12/c9-6-2-1-5-4-10-8(11)7(5)3-6;1-2-4-6-5-3-1/h1-3H,4H2,(H,10,11);1-6H2. The lowest BCUT2D eigenvalue weighted by molar-refractivity contribution is 0.0965. The van der Waals surface area contributed by atoms with Gasteiger partial charge in [0, 0.05) is 16.6 Å². The van der Waals surface area contributed by atoms with Gasteiger partial charge in [-0.25, -0.2) is 0 Å². The molecule has 1 amide bonds. The molecule has 1 aliphatic heterocycles. The Bertz CT molecular complexity index is 388. The van der Waals surface area contributed by atoms with Gasteiger partial charge in [0.2, 0.25) is 0 Å². The summed E-state index contributed by atoms with van der Waals surface area (Å²) in [4.78, 5) is 11.1. The predicted molar refractivity (Wildman–Crippen MR) is 73.0 cm³/mol. The second kappa shape index (κ2) is 6.20. The molecular weight excluding hydrogens is 278 g/mol. The van der Waals surface area contributed by atoms with E-state index in [0.29, 0.717) is 6.54 Å². The molecule has 1 heterocycles. The summed E-state index contributed by atoms with van der Waals surface area (Å²) in [7, 11) is 0. The highest BCUT2D eigenvalue weighted by molar-refractivity contribution is 9.10. The lowest BCUT2D eigenvalue weighted by Crippen LogP contribution is -2.12. The number of hydrogen-bond acceptors (Lipinski definition) is 1. The molecule has 0 unspecified atom stereocenters. The Morgan fingerprint density at radius 1 is 1.00 bits per heavy atom. The van der Waals surface area contributed by atoms with E-state index in [4.69, 9.17) is 0 Å². The molecule has 1 aromatic rings. The van der Waals surface area contributed by atoms with Gasteiger partial charge in [0.05, 0.1) is 0 Å². The summed E-state index contributed by atoms with van der Waals surface area (Å²) in [5, 5.41) is 2.75. The SMILES string of the molecule is C1CCCCC1.O=C1NCc2ccc(Br)cc21. The molecule has 0 spiro atoms. The van der Waals surface area contributed by atoms with E-state index in [-0.39, 0.29) is 5.91 Å². The van der Waals surface area contributed by atoms with E-state index in [9.17, 15) is 4.79 Å². The molecule has 17 heavy (non-hydrogen) atoms. The summed E-state index contributed by atoms with van der Waals surface area (Å²) >= 11 is 3.31. The largest absolute Gasteiger partial charge is 0.348 e. The van der Waals surface area contributed by atoms with Crippen LogP contribution in [0.1, 0.15) is 54.4 Å². The lowest BCUT2D eigenvalue weighted by Gasteiger charge is -2.05. The molecule has 1 aromatic carbocycles. The van der Waals surface area contributed by atoms with Crippen LogP contribution in [-0.2, 0) is 6.54 Å². The number of rotatable bonds is 0. The first-order valence-electron chi connectivity index (χ1n) is 6.34. The molecule has 3 heteroatoms. The maximum absolute atomic E-state index is 11.1. The van der Waals surface area contributed by atoms with Gasteiger partial charge in [-0.2, -0.15) is 0 Å². The van der Waals surface area contributed by atoms with Gasteiger partial charge in [0.15, 0.2) is 0 Å². The minimum absolute atomic E-state index is 0.0290. The van der Waals surface area contributed by atoms with Crippen LogP contribution in [0.25, 0.3) is 0 Å². The minimum atomic E-state index is 0.0290. The topological polar surface area (TPSA) is 29.1 Å². The summed E-state index contributed by atoms with van der Waals surface area (Å²) in [5.41, 5.74) is 1.87. The molecule has 1 fully saturated rings. The number of amides is 1. The Hall–Kier alpha value is -0.830. The summed E-state index contributed by atoms with van der Waals surface area (Å²) in [5.74, 6) is 0.0290. The molecule has 0 atom stereocenters. The molecule has 2 aliphatic rings. The van der Waals surface area contributed by atoms with Gasteiger partial charge in [-0.1, -0.05) is 60.5 Å². The third-order valence-electron chi connectivity index (χ3n) is 3.26. The van der Waals surface area contributed by atoms with Gasteiger partial charge >= 0.3 is 0 Å². The van der Waals surface area contributed by atoms with Gasteiger partial charge in [-0.3, -0.25) is 4.79 Å². The van der Waals surface area contributed by atoms with Crippen molar-refractivity contribution in [2.24, 2.45) is 0 Å². The first kappa shape index (κ1) is 12.6. The second-order valence-corrected chi connectivity index (χ2v) is 5.52. The molecule has 3 rings (SSSR count). The second-order valence-electron chi connectivity index (χ2n) is 4.61. The Balaban J connectivity index is 0.000000153. The predicted octanol–water partition coefficient (Wildman–Crippen LogP) is 4.03. The van der Waals surface area contributed by atoms with Crippen LogP contribution in [0.4, 0.5) is 0 Å². The van der Waals surface area contributed by atoms with Crippen molar-refractivity contribution in [3.8, 4) is 0 Å². The molecule has 0 bridgehead atoms. The Labute approximate surface area is 111 Å². The maximum atomic E-state index is 11.1. The highest BCUT2D eigenvalue weighted by atomic mass is 79.9. The fourth-order valence-corrected chi connectivity index (χ4v) is 2.61. The first-order valence-corrected chi connectivity index (χ1v) is 7.13. The summed E-state index contributed by atoms with van der Waals surface area (Å²) in [6, 6.07) is 5.74. The van der Waals surface area contributed by atoms with Crippen molar-refractivity contribution in [2.45, 2.75) is 45.1 Å². The van der Waals surface area contributed by atoms with Crippen LogP contribution in [0.2, 0.25) is 0 Å². The number of fused-ring (bicyclic) bond motifs is 1. The summed E-state index contributed by atoms with van der Waals surface area (Å²) < 4.78 is 0.952. The Morgan fingerprint density at radius 3 is 2.18 bits per heavy atom. The van der Waals surface area contributed by atoms with E-state index in [1.807, 2.05) is 18.2 Å². The maximum Gasteiger partial charge on any atom is 0.251 e. The fraction of sp³-hybridized carbons (Fsp3) is 0.500. The van der Waals surface area contributed by atoms with Crippen molar-refractivity contribution in [1.82, 2.24) is 5.32 Å². The zero-order valence-electron chi connectivity index (χ0n) is 9.97. The molecule has 0 aromatic heterocycles. The lowest BCUT2D eigenvalue weighted by atomic mass is 10.0. The number of hydrogen-bond donors (Lipinski definition) is 1. The van der Waals surface area contributed by atoms with Gasteiger partial charge in [0.25, 0.3) is 5.91 Å². The Kier molecular flexibility index (Phi) is 4.60. The van der Waals surface area contributed by atoms with E-state index < -0.39 is 0 Å². The van der Waals surface area contributed by atoms with Crippen LogP contribution in [0.3, 0.4) is 0 Å². The van der Waals surface area contributed by atoms with E-state index in [1.165, 1.54) is 38.5 Å². The van der Waals surface area contributed by atoms with Crippen molar-refractivity contribution in [2.75, 3.05) is 0 Å². The molecule has 0 radical (unpaired) electrons. The van der Waals surface area contributed by atoms with E-state index >= 15 is 0 Å². The number of benzene rings is 1. The van der Waals surface area contributed by atoms with Gasteiger partial charge in [0.1, 0.15) is 0 Å². The molecule has 1 N–H and O–H groups in total. The fourth-order valence-electron chi connectivity index (χ4n) is 2.25. The van der Waals surface area contributed by atoms with Crippen molar-refractivity contribution >= 4 is 21.8 Å². The molecule has 1 saturated carbocycles. The van der Waals surface area contributed by atoms with E-state index in [2.05, 4.69) is 21.2 Å². The molecule has 1 aliphatic carbocycles. The van der Waals surface area contributed by atoms with Crippen molar-refractivity contribution in [3.05, 3.63) is 33.8 Å². The van der Waals surface area contributed by atoms with Crippen LogP contribution in [0, 0.1) is 0 Å². The van der Waals surface area contributed by atoms with E-state index in [1.54, 1.807) is 0 Å². The van der Waals surface area contributed by atoms with Crippen LogP contribution in [0.15, 0.2) is 22.7 Å². The van der Waals surface area contributed by atoms with E-state index in [0.717, 1.165) is 15.6 Å². The molecule has 2 nitrogen and oxygen atoms in total. The Morgan fingerprint density at radius 2 is 1.59 bits per heavy atom. The summed E-state index contributed by atoms with van der Waals surface area (Å²) in [6.07, 6.45) is 9.00. The van der Waals surface area contributed by atoms with Crippen LogP contribution in [-0.4, -0.2) is 5.91 Å². The quantitative estimate of drug-likeness (QED) is 0.769. The molecule has 92 valence electrons. The highest BCUT2D eigenvalue weighted by Gasteiger charge is 2.17. The summed E-state index contributed by atoms with van der Waals surface area (Å²) in [6.45, 7) is 0.668. The van der Waals surface area contributed by atoms with Crippen molar-refractivity contribution in [3.63, 3.8) is 0 Å². The van der Waals surface area contributed by atoms with Crippen molar-refractivity contribution < 1.29 is 4.79 Å². The first-order chi connectivity index (χ1) is 8.27. The highest BCUT2D eigenvalue weighted by Crippen LogP contribution is 2.20. The van der Waals surface area contributed by atoms with Gasteiger partial charge < -0.3 is 5.32 Å². The van der Waals surface area contributed by atoms with Gasteiger partial charge in [-0.15, -0.1) is 0 Å². The number of carbonyl (C=O) groups is 1. The van der Waals surface area contributed by atoms with Crippen LogP contribution >= 0.6 is 15.9 Å². The smallest absolute Gasteiger partial charge is 0.251 e. The average molecular weight is 296 g/mol. The zero-order chi connectivity index (χ0) is 12.1. The van der Waals surface area contributed by atoms with Crippen LogP contribution in [0.5, 0.6) is 0 Å². The van der Waals surface area contributed by atoms with Crippen LogP contribution < -0.4 is 5.32 Å². The number of nitrogens with one attached hydrogen (secondary N) is 1. The monoisotopic (exact) mass is 295 g/mol. The molecular formula is C14H18BrNO. The van der Waals surface area contributed by atoms with Gasteiger partial charge in [-0.05, 0) is 17.7 Å². The number of carbonyl (C=O) groups excluding carboxylic acids is 1. The van der Waals surface area contributed by atoms with Crippen molar-refractivity contribution in [1.29, 1.82) is 0 Å². The third kappa shape index (κ3) is 3.56. The normalized spacial score (nSPS) is 17.8. The number of halogens is 1. The minimum Gasteiger partial charge on any atom is -0.348 e. The molecule has 0 saturated heterocycles. The average Bonchev–Trinajstić information content (AvgIpc) is 2.74. The third-order valence-corrected chi connectivity index (χ3v) is 3.75.